The van der Waals surface area contributed by atoms with Crippen molar-refractivity contribution in [1.29, 1.82) is 0 Å². The highest BCUT2D eigenvalue weighted by Gasteiger charge is 2.09. The van der Waals surface area contributed by atoms with Crippen molar-refractivity contribution in [2.45, 2.75) is 39.7 Å². The van der Waals surface area contributed by atoms with Crippen LogP contribution in [0, 0.1) is 0 Å². The molecule has 7 nitrogen and oxygen atoms in total. The molecule has 1 heterocycles. The molecule has 0 bridgehead atoms. The Morgan fingerprint density at radius 3 is 2.68 bits per heavy atom. The number of hydrogen-bond donors (Lipinski definition) is 2. The Morgan fingerprint density at radius 1 is 1.10 bits per heavy atom. The molecule has 0 amide bonds. The molecule has 0 aromatic heterocycles. The smallest absolute Gasteiger partial charge is 0.191 e. The van der Waals surface area contributed by atoms with Gasteiger partial charge in [-0.05, 0) is 37.5 Å². The van der Waals surface area contributed by atoms with E-state index in [-0.39, 0.29) is 24.0 Å². The first kappa shape index (κ1) is 27.9. The molecule has 0 unspecified atom stereocenters. The number of morpholine rings is 1. The Morgan fingerprint density at radius 2 is 1.90 bits per heavy atom. The fourth-order valence-corrected chi connectivity index (χ4v) is 3.09. The topological polar surface area (TPSA) is 67.3 Å². The van der Waals surface area contributed by atoms with Crippen LogP contribution in [-0.2, 0) is 16.0 Å². The van der Waals surface area contributed by atoms with Gasteiger partial charge < -0.3 is 24.8 Å². The van der Waals surface area contributed by atoms with Gasteiger partial charge in [0.15, 0.2) is 5.96 Å². The van der Waals surface area contributed by atoms with Gasteiger partial charge in [-0.1, -0.05) is 25.5 Å². The molecule has 1 aromatic rings. The third-order valence-corrected chi connectivity index (χ3v) is 4.84. The second-order valence-electron chi connectivity index (χ2n) is 7.39. The monoisotopic (exact) mass is 548 g/mol. The van der Waals surface area contributed by atoms with E-state index < -0.39 is 0 Å². The maximum absolute atomic E-state index is 5.95. The SMILES string of the molecule is CCCCOCCCNC(=NCc1cccc(OCCN2CCOCC2)c1)NCC.I. The number of rotatable bonds is 14. The maximum atomic E-state index is 5.95. The predicted molar refractivity (Wildman–Crippen MR) is 138 cm³/mol. The Hall–Kier alpha value is -1.10. The van der Waals surface area contributed by atoms with Crippen LogP contribution in [-0.4, -0.2) is 76.6 Å². The minimum Gasteiger partial charge on any atom is -0.492 e. The maximum Gasteiger partial charge on any atom is 0.191 e. The third-order valence-electron chi connectivity index (χ3n) is 4.84. The summed E-state index contributed by atoms with van der Waals surface area (Å²) < 4.78 is 16.9. The average Bonchev–Trinajstić information content (AvgIpc) is 2.78. The van der Waals surface area contributed by atoms with Crippen molar-refractivity contribution >= 4 is 29.9 Å². The molecule has 0 radical (unpaired) electrons. The molecule has 8 heteroatoms. The Balaban J connectivity index is 0.00000480. The number of aliphatic imine (C=N–C) groups is 1. The van der Waals surface area contributed by atoms with Gasteiger partial charge in [-0.15, -0.1) is 24.0 Å². The summed E-state index contributed by atoms with van der Waals surface area (Å²) >= 11 is 0. The van der Waals surface area contributed by atoms with Crippen molar-refractivity contribution in [3.05, 3.63) is 29.8 Å². The number of benzene rings is 1. The van der Waals surface area contributed by atoms with Crippen LogP contribution in [0.3, 0.4) is 0 Å². The van der Waals surface area contributed by atoms with Gasteiger partial charge in [-0.3, -0.25) is 4.90 Å². The number of unbranched alkanes of at least 4 members (excludes halogenated alkanes) is 1. The first-order valence-corrected chi connectivity index (χ1v) is 11.4. The fourth-order valence-electron chi connectivity index (χ4n) is 3.09. The summed E-state index contributed by atoms with van der Waals surface area (Å²) in [5.74, 6) is 1.74. The van der Waals surface area contributed by atoms with Crippen LogP contribution in [0.5, 0.6) is 5.75 Å². The number of nitrogens with zero attached hydrogens (tertiary/aromatic N) is 2. The van der Waals surface area contributed by atoms with E-state index >= 15 is 0 Å². The molecule has 2 rings (SSSR count). The average molecular weight is 549 g/mol. The van der Waals surface area contributed by atoms with Crippen molar-refractivity contribution in [3.63, 3.8) is 0 Å². The number of ether oxygens (including phenoxy) is 3. The van der Waals surface area contributed by atoms with E-state index in [2.05, 4.69) is 41.5 Å². The Bertz CT molecular complexity index is 598. The number of halogens is 1. The van der Waals surface area contributed by atoms with Gasteiger partial charge in [0.05, 0.1) is 19.8 Å². The molecular weight excluding hydrogens is 507 g/mol. The van der Waals surface area contributed by atoms with Gasteiger partial charge >= 0.3 is 0 Å². The third kappa shape index (κ3) is 13.1. The lowest BCUT2D eigenvalue weighted by Crippen LogP contribution is -2.38. The van der Waals surface area contributed by atoms with E-state index in [1.165, 1.54) is 6.42 Å². The first-order chi connectivity index (χ1) is 14.8. The lowest BCUT2D eigenvalue weighted by molar-refractivity contribution is 0.0322. The molecule has 0 atom stereocenters. The molecule has 1 aromatic carbocycles. The normalized spacial score (nSPS) is 14.7. The lowest BCUT2D eigenvalue weighted by Gasteiger charge is -2.26. The summed E-state index contributed by atoms with van der Waals surface area (Å²) in [5.41, 5.74) is 1.14. The van der Waals surface area contributed by atoms with Gasteiger partial charge in [0.2, 0.25) is 0 Å². The van der Waals surface area contributed by atoms with E-state index in [0.29, 0.717) is 13.2 Å². The highest BCUT2D eigenvalue weighted by atomic mass is 127. The zero-order valence-electron chi connectivity index (χ0n) is 19.2. The Kier molecular flexibility index (Phi) is 16.6. The summed E-state index contributed by atoms with van der Waals surface area (Å²) in [4.78, 5) is 7.08. The van der Waals surface area contributed by atoms with Gasteiger partial charge in [0, 0.05) is 45.9 Å². The minimum atomic E-state index is 0. The van der Waals surface area contributed by atoms with E-state index in [1.54, 1.807) is 0 Å². The van der Waals surface area contributed by atoms with Gasteiger partial charge in [0.1, 0.15) is 12.4 Å². The highest BCUT2D eigenvalue weighted by Crippen LogP contribution is 2.14. The van der Waals surface area contributed by atoms with Crippen molar-refractivity contribution in [1.82, 2.24) is 15.5 Å². The quantitative estimate of drug-likeness (QED) is 0.161. The second-order valence-corrected chi connectivity index (χ2v) is 7.39. The van der Waals surface area contributed by atoms with Crippen LogP contribution in [0.2, 0.25) is 0 Å². The van der Waals surface area contributed by atoms with Crippen molar-refractivity contribution in [3.8, 4) is 5.75 Å². The molecule has 1 aliphatic heterocycles. The molecule has 0 aliphatic carbocycles. The number of nitrogens with one attached hydrogen (secondary N) is 2. The van der Waals surface area contributed by atoms with Crippen LogP contribution in [0.4, 0.5) is 0 Å². The largest absolute Gasteiger partial charge is 0.492 e. The van der Waals surface area contributed by atoms with Crippen LogP contribution in [0.15, 0.2) is 29.3 Å². The zero-order valence-corrected chi connectivity index (χ0v) is 21.6. The minimum absolute atomic E-state index is 0. The lowest BCUT2D eigenvalue weighted by atomic mass is 10.2. The molecule has 2 N–H and O–H groups in total. The molecule has 1 saturated heterocycles. The molecule has 178 valence electrons. The highest BCUT2D eigenvalue weighted by molar-refractivity contribution is 14.0. The molecule has 1 fully saturated rings. The van der Waals surface area contributed by atoms with Crippen LogP contribution >= 0.6 is 24.0 Å². The van der Waals surface area contributed by atoms with E-state index in [1.807, 2.05) is 12.1 Å². The van der Waals surface area contributed by atoms with Gasteiger partial charge in [-0.2, -0.15) is 0 Å². The summed E-state index contributed by atoms with van der Waals surface area (Å²) in [6.45, 7) is 13.4. The molecule has 31 heavy (non-hydrogen) atoms. The summed E-state index contributed by atoms with van der Waals surface area (Å²) in [6, 6.07) is 8.20. The van der Waals surface area contributed by atoms with Crippen molar-refractivity contribution in [2.75, 3.05) is 65.8 Å². The van der Waals surface area contributed by atoms with E-state index in [9.17, 15) is 0 Å². The van der Waals surface area contributed by atoms with Crippen LogP contribution in [0.1, 0.15) is 38.7 Å². The second kappa shape index (κ2) is 18.5. The van der Waals surface area contributed by atoms with Crippen molar-refractivity contribution in [2.24, 2.45) is 4.99 Å². The summed E-state index contributed by atoms with van der Waals surface area (Å²) in [5, 5.41) is 6.68. The van der Waals surface area contributed by atoms with Gasteiger partial charge in [-0.25, -0.2) is 4.99 Å². The number of guanidine groups is 1. The molecular formula is C23H41IN4O3. The van der Waals surface area contributed by atoms with E-state index in [0.717, 1.165) is 89.3 Å². The first-order valence-electron chi connectivity index (χ1n) is 11.4. The summed E-state index contributed by atoms with van der Waals surface area (Å²) in [6.07, 6.45) is 3.28. The van der Waals surface area contributed by atoms with E-state index in [4.69, 9.17) is 19.2 Å². The van der Waals surface area contributed by atoms with Crippen LogP contribution < -0.4 is 15.4 Å². The fraction of sp³-hybridized carbons (Fsp3) is 0.696. The number of hydrogen-bond acceptors (Lipinski definition) is 5. The predicted octanol–water partition coefficient (Wildman–Crippen LogP) is 3.28. The summed E-state index contributed by atoms with van der Waals surface area (Å²) in [7, 11) is 0. The van der Waals surface area contributed by atoms with Crippen molar-refractivity contribution < 1.29 is 14.2 Å². The molecule has 0 spiro atoms. The Labute approximate surface area is 205 Å². The standard InChI is InChI=1S/C23H40N4O3.HI/c1-3-5-14-28-15-7-10-25-23(24-4-2)26-20-21-8-6-9-22(19-21)30-18-13-27-11-16-29-17-12-27;/h6,8-9,19H,3-5,7,10-18,20H2,1-2H3,(H2,24,25,26);1H. The molecule has 1 aliphatic rings. The van der Waals surface area contributed by atoms with Gasteiger partial charge in [0.25, 0.3) is 0 Å². The molecule has 0 saturated carbocycles. The van der Waals surface area contributed by atoms with Crippen LogP contribution in [0.25, 0.3) is 0 Å². The zero-order chi connectivity index (χ0) is 21.3.